The summed E-state index contributed by atoms with van der Waals surface area (Å²) < 4.78 is 16.8. The number of pyridine rings is 1. The summed E-state index contributed by atoms with van der Waals surface area (Å²) in [5, 5.41) is 0. The minimum absolute atomic E-state index is 0.0612. The summed E-state index contributed by atoms with van der Waals surface area (Å²) in [6.45, 7) is 1.08. The Morgan fingerprint density at radius 1 is 1.36 bits per heavy atom. The second-order valence-corrected chi connectivity index (χ2v) is 6.33. The minimum Gasteiger partial charge on any atom is -0.492 e. The number of Topliss-reactive ketones (excluding diaryl/α,β-unsaturated/α-hetero) is 1. The van der Waals surface area contributed by atoms with Gasteiger partial charge in [-0.15, -0.1) is 0 Å². The number of hydrogen-bond acceptors (Lipinski definition) is 6. The summed E-state index contributed by atoms with van der Waals surface area (Å²) in [5.74, 6) is 2.13. The number of carbonyl (C=O) groups excluding carboxylic acids is 1. The lowest BCUT2D eigenvalue weighted by molar-refractivity contribution is 0.0925. The quantitative estimate of drug-likeness (QED) is 0.798. The molecule has 0 saturated heterocycles. The monoisotopic (exact) mass is 340 g/mol. The first-order valence-electron chi connectivity index (χ1n) is 8.32. The van der Waals surface area contributed by atoms with Gasteiger partial charge in [0, 0.05) is 42.5 Å². The third-order valence-corrected chi connectivity index (χ3v) is 4.93. The van der Waals surface area contributed by atoms with Crippen molar-refractivity contribution >= 4 is 5.78 Å². The molecule has 25 heavy (non-hydrogen) atoms. The molecule has 0 amide bonds. The lowest BCUT2D eigenvalue weighted by atomic mass is 9.87. The Morgan fingerprint density at radius 3 is 2.92 bits per heavy atom. The topological polar surface area (TPSA) is 60.9 Å². The third kappa shape index (κ3) is 2.72. The van der Waals surface area contributed by atoms with Crippen LogP contribution in [0.15, 0.2) is 30.6 Å². The maximum atomic E-state index is 12.8. The Morgan fingerprint density at radius 2 is 2.16 bits per heavy atom. The predicted molar refractivity (Wildman–Crippen MR) is 91.4 cm³/mol. The highest BCUT2D eigenvalue weighted by Gasteiger charge is 2.35. The Labute approximate surface area is 146 Å². The van der Waals surface area contributed by atoms with Crippen LogP contribution in [0.2, 0.25) is 0 Å². The first-order chi connectivity index (χ1) is 12.2. The van der Waals surface area contributed by atoms with Crippen LogP contribution in [0.3, 0.4) is 0 Å². The summed E-state index contributed by atoms with van der Waals surface area (Å²) in [6, 6.07) is 5.47. The first kappa shape index (κ1) is 15.9. The van der Waals surface area contributed by atoms with Crippen molar-refractivity contribution in [3.63, 3.8) is 0 Å². The van der Waals surface area contributed by atoms with Crippen LogP contribution in [0.25, 0.3) is 0 Å². The van der Waals surface area contributed by atoms with Gasteiger partial charge in [0.15, 0.2) is 17.3 Å². The number of carbonyl (C=O) groups is 1. The smallest absolute Gasteiger partial charge is 0.231 e. The number of nitrogens with zero attached hydrogens (tertiary/aromatic N) is 2. The van der Waals surface area contributed by atoms with Gasteiger partial charge >= 0.3 is 0 Å². The molecule has 2 aliphatic rings. The zero-order chi connectivity index (χ0) is 17.4. The normalized spacial score (nSPS) is 18.7. The van der Waals surface area contributed by atoms with Crippen LogP contribution in [-0.2, 0) is 6.42 Å². The van der Waals surface area contributed by atoms with Gasteiger partial charge in [-0.25, -0.2) is 0 Å². The van der Waals surface area contributed by atoms with Gasteiger partial charge in [-0.3, -0.25) is 14.7 Å². The van der Waals surface area contributed by atoms with Crippen LogP contribution in [0.4, 0.5) is 0 Å². The van der Waals surface area contributed by atoms with Crippen LogP contribution in [0.1, 0.15) is 33.9 Å². The maximum absolute atomic E-state index is 12.8. The molecule has 1 unspecified atom stereocenters. The van der Waals surface area contributed by atoms with E-state index in [0.29, 0.717) is 23.5 Å². The molecule has 3 heterocycles. The highest BCUT2D eigenvalue weighted by Crippen LogP contribution is 2.50. The van der Waals surface area contributed by atoms with Crippen LogP contribution in [-0.4, -0.2) is 43.2 Å². The number of hydrogen-bond donors (Lipinski definition) is 0. The van der Waals surface area contributed by atoms with Crippen molar-refractivity contribution in [1.29, 1.82) is 0 Å². The number of methoxy groups -OCH3 is 1. The van der Waals surface area contributed by atoms with Gasteiger partial charge in [-0.2, -0.15) is 0 Å². The standard InChI is InChI=1S/C19H20N2O4/c1-21-8-5-13-9-16-18(25-11-24-16)19(23-2)17(13)14(21)10-15(22)12-3-6-20-7-4-12/h3-4,6-7,9,14H,5,8,10-11H2,1-2H3. The summed E-state index contributed by atoms with van der Waals surface area (Å²) in [6.07, 6.45) is 4.55. The second-order valence-electron chi connectivity index (χ2n) is 6.33. The van der Waals surface area contributed by atoms with E-state index < -0.39 is 0 Å². The Bertz CT molecular complexity index is 807. The summed E-state index contributed by atoms with van der Waals surface area (Å²) in [7, 11) is 3.67. The van der Waals surface area contributed by atoms with Crippen molar-refractivity contribution in [3.05, 3.63) is 47.3 Å². The van der Waals surface area contributed by atoms with Crippen LogP contribution in [0.5, 0.6) is 17.2 Å². The first-order valence-corrected chi connectivity index (χ1v) is 8.32. The number of ketones is 1. The van der Waals surface area contributed by atoms with E-state index in [2.05, 4.69) is 9.88 Å². The molecule has 0 bridgehead atoms. The molecule has 0 spiro atoms. The van der Waals surface area contributed by atoms with Gasteiger partial charge in [0.05, 0.1) is 7.11 Å². The van der Waals surface area contributed by atoms with Crippen molar-refractivity contribution in [2.24, 2.45) is 0 Å². The van der Waals surface area contributed by atoms with Crippen molar-refractivity contribution in [3.8, 4) is 17.2 Å². The van der Waals surface area contributed by atoms with E-state index >= 15 is 0 Å². The Hall–Kier alpha value is -2.60. The molecule has 2 aliphatic heterocycles. The van der Waals surface area contributed by atoms with E-state index in [0.717, 1.165) is 29.8 Å². The van der Waals surface area contributed by atoms with E-state index in [1.54, 1.807) is 31.6 Å². The molecule has 2 aromatic rings. The molecule has 1 atom stereocenters. The molecule has 0 N–H and O–H groups in total. The van der Waals surface area contributed by atoms with Gasteiger partial charge in [-0.1, -0.05) is 0 Å². The average molecular weight is 340 g/mol. The fourth-order valence-electron chi connectivity index (χ4n) is 3.61. The number of rotatable bonds is 4. The molecule has 0 radical (unpaired) electrons. The molecular weight excluding hydrogens is 320 g/mol. The minimum atomic E-state index is -0.0612. The molecule has 4 rings (SSSR count). The van der Waals surface area contributed by atoms with Gasteiger partial charge in [-0.05, 0) is 37.2 Å². The highest BCUT2D eigenvalue weighted by molar-refractivity contribution is 5.96. The van der Waals surface area contributed by atoms with Crippen LogP contribution < -0.4 is 14.2 Å². The van der Waals surface area contributed by atoms with Crippen molar-refractivity contribution in [2.75, 3.05) is 27.5 Å². The molecule has 6 nitrogen and oxygen atoms in total. The molecule has 6 heteroatoms. The van der Waals surface area contributed by atoms with E-state index in [1.807, 2.05) is 13.1 Å². The van der Waals surface area contributed by atoms with Crippen molar-refractivity contribution in [1.82, 2.24) is 9.88 Å². The number of fused-ring (bicyclic) bond motifs is 2. The predicted octanol–water partition coefficient (Wildman–Crippen LogP) is 2.62. The van der Waals surface area contributed by atoms with E-state index in [4.69, 9.17) is 14.2 Å². The molecule has 1 aromatic carbocycles. The van der Waals surface area contributed by atoms with E-state index in [1.165, 1.54) is 0 Å². The third-order valence-electron chi connectivity index (χ3n) is 4.93. The van der Waals surface area contributed by atoms with Gasteiger partial charge < -0.3 is 14.2 Å². The van der Waals surface area contributed by atoms with E-state index in [-0.39, 0.29) is 18.6 Å². The molecule has 0 fully saturated rings. The zero-order valence-electron chi connectivity index (χ0n) is 14.3. The SMILES string of the molecule is COc1c2c(cc3c1C(CC(=O)c1ccncc1)N(C)CC3)OCO2. The largest absolute Gasteiger partial charge is 0.492 e. The number of benzene rings is 1. The lowest BCUT2D eigenvalue weighted by Gasteiger charge is -2.35. The number of ether oxygens (including phenoxy) is 3. The number of aromatic nitrogens is 1. The molecule has 1 aromatic heterocycles. The molecule has 130 valence electrons. The van der Waals surface area contributed by atoms with Crippen molar-refractivity contribution < 1.29 is 19.0 Å². The summed E-state index contributed by atoms with van der Waals surface area (Å²) >= 11 is 0. The molecule has 0 saturated carbocycles. The van der Waals surface area contributed by atoms with Crippen LogP contribution >= 0.6 is 0 Å². The summed E-state index contributed by atoms with van der Waals surface area (Å²) in [5.41, 5.74) is 2.87. The van der Waals surface area contributed by atoms with Gasteiger partial charge in [0.2, 0.25) is 12.5 Å². The van der Waals surface area contributed by atoms with Crippen molar-refractivity contribution in [2.45, 2.75) is 18.9 Å². The second kappa shape index (κ2) is 6.37. The van der Waals surface area contributed by atoms with Gasteiger partial charge in [0.25, 0.3) is 0 Å². The highest BCUT2D eigenvalue weighted by atomic mass is 16.7. The molecule has 0 aliphatic carbocycles. The Kier molecular flexibility index (Phi) is 4.05. The number of likely N-dealkylation sites (N-methyl/N-ethyl adjacent to an activating group) is 1. The lowest BCUT2D eigenvalue weighted by Crippen LogP contribution is -2.34. The zero-order valence-corrected chi connectivity index (χ0v) is 14.3. The fraction of sp³-hybridized carbons (Fsp3) is 0.368. The van der Waals surface area contributed by atoms with Gasteiger partial charge in [0.1, 0.15) is 0 Å². The van der Waals surface area contributed by atoms with E-state index in [9.17, 15) is 4.79 Å². The maximum Gasteiger partial charge on any atom is 0.231 e. The summed E-state index contributed by atoms with van der Waals surface area (Å²) in [4.78, 5) is 18.9. The molecular formula is C19H20N2O4. The van der Waals surface area contributed by atoms with Crippen LogP contribution in [0, 0.1) is 0 Å². The fourth-order valence-corrected chi connectivity index (χ4v) is 3.61. The average Bonchev–Trinajstić information content (AvgIpc) is 3.11. The Balaban J connectivity index is 1.74.